The zero-order chi connectivity index (χ0) is 15.6. The van der Waals surface area contributed by atoms with Crippen molar-refractivity contribution >= 4 is 11.9 Å². The lowest BCUT2D eigenvalue weighted by molar-refractivity contribution is -0.148. The number of carbonyl (C=O) groups excluding carboxylic acids is 1. The Morgan fingerprint density at radius 2 is 2.05 bits per heavy atom. The third-order valence-corrected chi connectivity index (χ3v) is 4.41. The molecule has 1 heterocycles. The van der Waals surface area contributed by atoms with E-state index < -0.39 is 11.5 Å². The summed E-state index contributed by atoms with van der Waals surface area (Å²) in [5, 5.41) is 9.68. The fraction of sp³-hybridized carbons (Fsp3) is 0.529. The second-order valence-corrected chi connectivity index (χ2v) is 5.97. The van der Waals surface area contributed by atoms with Crippen LogP contribution >= 0.6 is 0 Å². The Labute approximate surface area is 125 Å². The minimum atomic E-state index is -1.02. The first kappa shape index (κ1) is 15.5. The normalized spacial score (nSPS) is 21.6. The predicted molar refractivity (Wildman–Crippen MR) is 81.5 cm³/mol. The van der Waals surface area contributed by atoms with Gasteiger partial charge in [0.15, 0.2) is 0 Å². The van der Waals surface area contributed by atoms with Gasteiger partial charge in [0.1, 0.15) is 5.54 Å². The summed E-state index contributed by atoms with van der Waals surface area (Å²) in [6, 6.07) is 5.67. The molecule has 2 rings (SSSR count). The first-order valence-electron chi connectivity index (χ1n) is 7.55. The number of rotatable bonds is 4. The lowest BCUT2D eigenvalue weighted by Gasteiger charge is -2.35. The van der Waals surface area contributed by atoms with Crippen LogP contribution in [0.1, 0.15) is 54.1 Å². The second kappa shape index (κ2) is 5.88. The summed E-state index contributed by atoms with van der Waals surface area (Å²) in [4.78, 5) is 26.2. The minimum absolute atomic E-state index is 0.152. The van der Waals surface area contributed by atoms with E-state index in [2.05, 4.69) is 0 Å². The van der Waals surface area contributed by atoms with Gasteiger partial charge < -0.3 is 10.0 Å². The molecule has 1 N–H and O–H groups in total. The van der Waals surface area contributed by atoms with Gasteiger partial charge >= 0.3 is 5.97 Å². The van der Waals surface area contributed by atoms with Crippen LogP contribution < -0.4 is 0 Å². The number of carboxylic acid groups (broad SMARTS) is 1. The SMILES string of the molecule is CCCC1(C(=O)O)CCCN1C(=O)c1ccc(C)cc1C. The molecule has 1 atom stereocenters. The fourth-order valence-corrected chi connectivity index (χ4v) is 3.38. The third-order valence-electron chi connectivity index (χ3n) is 4.41. The van der Waals surface area contributed by atoms with Crippen LogP contribution in [0.25, 0.3) is 0 Å². The molecule has 1 aromatic carbocycles. The van der Waals surface area contributed by atoms with E-state index in [1.165, 1.54) is 0 Å². The zero-order valence-electron chi connectivity index (χ0n) is 13.0. The van der Waals surface area contributed by atoms with Crippen molar-refractivity contribution in [3.63, 3.8) is 0 Å². The Bertz CT molecular complexity index is 567. The molecule has 0 aromatic heterocycles. The van der Waals surface area contributed by atoms with Gasteiger partial charge in [0.05, 0.1) is 0 Å². The highest BCUT2D eigenvalue weighted by atomic mass is 16.4. The molecule has 0 bridgehead atoms. The number of benzene rings is 1. The first-order chi connectivity index (χ1) is 9.92. The van der Waals surface area contributed by atoms with E-state index in [9.17, 15) is 14.7 Å². The van der Waals surface area contributed by atoms with Gasteiger partial charge in [-0.3, -0.25) is 4.79 Å². The molecule has 0 aliphatic carbocycles. The average Bonchev–Trinajstić information content (AvgIpc) is 2.83. The molecule has 1 saturated heterocycles. The number of hydrogen-bond donors (Lipinski definition) is 1. The third kappa shape index (κ3) is 2.67. The topological polar surface area (TPSA) is 57.6 Å². The van der Waals surface area contributed by atoms with E-state index >= 15 is 0 Å². The number of likely N-dealkylation sites (tertiary alicyclic amines) is 1. The summed E-state index contributed by atoms with van der Waals surface area (Å²) in [5.74, 6) is -1.03. The van der Waals surface area contributed by atoms with Crippen LogP contribution in [0.5, 0.6) is 0 Å². The van der Waals surface area contributed by atoms with Crippen molar-refractivity contribution < 1.29 is 14.7 Å². The number of hydrogen-bond acceptors (Lipinski definition) is 2. The number of aryl methyl sites for hydroxylation is 2. The largest absolute Gasteiger partial charge is 0.479 e. The Kier molecular flexibility index (Phi) is 4.35. The Morgan fingerprint density at radius 1 is 1.33 bits per heavy atom. The fourth-order valence-electron chi connectivity index (χ4n) is 3.38. The zero-order valence-corrected chi connectivity index (χ0v) is 13.0. The maximum Gasteiger partial charge on any atom is 0.329 e. The molecule has 21 heavy (non-hydrogen) atoms. The van der Waals surface area contributed by atoms with E-state index in [0.29, 0.717) is 24.9 Å². The monoisotopic (exact) mass is 289 g/mol. The van der Waals surface area contributed by atoms with Gasteiger partial charge in [0.2, 0.25) is 0 Å². The van der Waals surface area contributed by atoms with Crippen molar-refractivity contribution in [1.29, 1.82) is 0 Å². The van der Waals surface area contributed by atoms with Gasteiger partial charge in [-0.1, -0.05) is 31.0 Å². The lowest BCUT2D eigenvalue weighted by atomic mass is 9.90. The molecule has 1 amide bonds. The van der Waals surface area contributed by atoms with Crippen LogP contribution in [-0.2, 0) is 4.79 Å². The lowest BCUT2D eigenvalue weighted by Crippen LogP contribution is -2.53. The molecule has 1 unspecified atom stereocenters. The van der Waals surface area contributed by atoms with E-state index in [1.807, 2.05) is 39.0 Å². The summed E-state index contributed by atoms with van der Waals surface area (Å²) in [7, 11) is 0. The van der Waals surface area contributed by atoms with Crippen molar-refractivity contribution in [1.82, 2.24) is 4.90 Å². The van der Waals surface area contributed by atoms with Crippen molar-refractivity contribution in [2.45, 2.75) is 52.0 Å². The van der Waals surface area contributed by atoms with E-state index in [1.54, 1.807) is 4.90 Å². The molecule has 0 saturated carbocycles. The van der Waals surface area contributed by atoms with E-state index in [4.69, 9.17) is 0 Å². The summed E-state index contributed by atoms with van der Waals surface area (Å²) in [6.07, 6.45) is 2.57. The molecule has 1 aliphatic rings. The predicted octanol–water partition coefficient (Wildman–Crippen LogP) is 3.16. The van der Waals surface area contributed by atoms with Crippen LogP contribution in [0.2, 0.25) is 0 Å². The Balaban J connectivity index is 2.39. The summed E-state index contributed by atoms with van der Waals surface area (Å²) < 4.78 is 0. The van der Waals surface area contributed by atoms with Gasteiger partial charge in [0, 0.05) is 12.1 Å². The van der Waals surface area contributed by atoms with Gasteiger partial charge in [-0.15, -0.1) is 0 Å². The van der Waals surface area contributed by atoms with Gasteiger partial charge in [0.25, 0.3) is 5.91 Å². The Hall–Kier alpha value is -1.84. The minimum Gasteiger partial charge on any atom is -0.479 e. The van der Waals surface area contributed by atoms with Crippen LogP contribution in [0.15, 0.2) is 18.2 Å². The molecule has 0 spiro atoms. The molecule has 4 nitrogen and oxygen atoms in total. The highest BCUT2D eigenvalue weighted by Crippen LogP contribution is 2.35. The van der Waals surface area contributed by atoms with Crippen molar-refractivity contribution in [2.75, 3.05) is 6.54 Å². The maximum atomic E-state index is 12.8. The van der Waals surface area contributed by atoms with Crippen LogP contribution in [0.3, 0.4) is 0 Å². The Morgan fingerprint density at radius 3 is 2.62 bits per heavy atom. The number of amides is 1. The van der Waals surface area contributed by atoms with Gasteiger partial charge in [-0.05, 0) is 44.7 Å². The summed E-state index contributed by atoms with van der Waals surface area (Å²) in [5.41, 5.74) is 1.60. The molecule has 1 aromatic rings. The summed E-state index contributed by atoms with van der Waals surface area (Å²) in [6.45, 7) is 6.37. The average molecular weight is 289 g/mol. The highest BCUT2D eigenvalue weighted by Gasteiger charge is 2.49. The van der Waals surface area contributed by atoms with Gasteiger partial charge in [-0.25, -0.2) is 4.79 Å². The van der Waals surface area contributed by atoms with Crippen LogP contribution in [0.4, 0.5) is 0 Å². The highest BCUT2D eigenvalue weighted by molar-refractivity contribution is 5.99. The second-order valence-electron chi connectivity index (χ2n) is 5.97. The van der Waals surface area contributed by atoms with E-state index in [0.717, 1.165) is 24.0 Å². The van der Waals surface area contributed by atoms with Crippen molar-refractivity contribution in [3.05, 3.63) is 34.9 Å². The molecule has 4 heteroatoms. The van der Waals surface area contributed by atoms with Crippen LogP contribution in [-0.4, -0.2) is 34.0 Å². The molecule has 1 aliphatic heterocycles. The van der Waals surface area contributed by atoms with Gasteiger partial charge in [-0.2, -0.15) is 0 Å². The number of aliphatic carboxylic acids is 1. The molecular weight excluding hydrogens is 266 g/mol. The number of nitrogens with zero attached hydrogens (tertiary/aromatic N) is 1. The molecule has 0 radical (unpaired) electrons. The van der Waals surface area contributed by atoms with Crippen LogP contribution in [0, 0.1) is 13.8 Å². The smallest absolute Gasteiger partial charge is 0.329 e. The molecule has 114 valence electrons. The van der Waals surface area contributed by atoms with E-state index in [-0.39, 0.29) is 5.91 Å². The maximum absolute atomic E-state index is 12.8. The van der Waals surface area contributed by atoms with Crippen molar-refractivity contribution in [3.8, 4) is 0 Å². The first-order valence-corrected chi connectivity index (χ1v) is 7.55. The molecule has 1 fully saturated rings. The standard InChI is InChI=1S/C17H23NO3/c1-4-8-17(16(20)21)9-5-10-18(17)15(19)14-7-6-12(2)11-13(14)3/h6-7,11H,4-5,8-10H2,1-3H3,(H,20,21). The molecular formula is C17H23NO3. The van der Waals surface area contributed by atoms with Crippen molar-refractivity contribution in [2.24, 2.45) is 0 Å². The quantitative estimate of drug-likeness (QED) is 0.926. The number of carboxylic acids is 1. The summed E-state index contributed by atoms with van der Waals surface area (Å²) >= 11 is 0. The number of carbonyl (C=O) groups is 2.